The van der Waals surface area contributed by atoms with Crippen molar-refractivity contribution in [2.75, 3.05) is 5.32 Å². The van der Waals surface area contributed by atoms with Crippen LogP contribution >= 0.6 is 11.3 Å². The summed E-state index contributed by atoms with van der Waals surface area (Å²) in [5.41, 5.74) is 2.67. The van der Waals surface area contributed by atoms with Gasteiger partial charge in [-0.2, -0.15) is 0 Å². The van der Waals surface area contributed by atoms with Crippen LogP contribution in [-0.4, -0.2) is 10.9 Å². The first-order valence-corrected chi connectivity index (χ1v) is 5.71. The number of nitrogens with one attached hydrogen (secondary N) is 1. The number of anilines is 1. The van der Waals surface area contributed by atoms with Gasteiger partial charge in [0.25, 0.3) is 0 Å². The molecule has 2 aromatic rings. The Morgan fingerprint density at radius 1 is 1.31 bits per heavy atom. The van der Waals surface area contributed by atoms with Gasteiger partial charge in [0.2, 0.25) is 5.91 Å². The molecule has 0 saturated heterocycles. The van der Waals surface area contributed by atoms with Crippen LogP contribution in [0, 0.1) is 0 Å². The van der Waals surface area contributed by atoms with Gasteiger partial charge in [-0.3, -0.25) is 4.79 Å². The molecule has 0 spiro atoms. The lowest BCUT2D eigenvalue weighted by Crippen LogP contribution is -2.07. The average molecular weight is 230 g/mol. The van der Waals surface area contributed by atoms with Gasteiger partial charge in [0, 0.05) is 11.5 Å². The van der Waals surface area contributed by atoms with Crippen molar-refractivity contribution in [1.29, 1.82) is 0 Å². The van der Waals surface area contributed by atoms with Gasteiger partial charge >= 0.3 is 0 Å². The van der Waals surface area contributed by atoms with Crippen molar-refractivity contribution in [3.8, 4) is 0 Å². The summed E-state index contributed by atoms with van der Waals surface area (Å²) in [5.74, 6) is 0.419. The number of carbonyl (C=O) groups is 1. The Kier molecular flexibility index (Phi) is 3.46. The minimum absolute atomic E-state index is 0.172. The Bertz CT molecular complexity index is 477. The van der Waals surface area contributed by atoms with Crippen LogP contribution in [0.1, 0.15) is 5.56 Å². The highest BCUT2D eigenvalue weighted by Crippen LogP contribution is 2.07. The molecule has 0 unspecified atom stereocenters. The fourth-order valence-corrected chi connectivity index (χ4v) is 1.66. The number of thiazole rings is 1. The van der Waals surface area contributed by atoms with Gasteiger partial charge in [-0.25, -0.2) is 4.98 Å². The Hall–Kier alpha value is -1.94. The number of hydrogen-bond acceptors (Lipinski definition) is 3. The molecule has 1 amide bonds. The van der Waals surface area contributed by atoms with Gasteiger partial charge in [0.1, 0.15) is 5.82 Å². The number of aromatic nitrogens is 1. The lowest BCUT2D eigenvalue weighted by atomic mass is 10.2. The van der Waals surface area contributed by atoms with Crippen molar-refractivity contribution in [2.24, 2.45) is 0 Å². The normalized spacial score (nSPS) is 10.5. The summed E-state index contributed by atoms with van der Waals surface area (Å²) in [6.45, 7) is 0. The van der Waals surface area contributed by atoms with Crippen LogP contribution in [0.2, 0.25) is 0 Å². The summed E-state index contributed by atoms with van der Waals surface area (Å²) >= 11 is 1.45. The summed E-state index contributed by atoms with van der Waals surface area (Å²) in [7, 11) is 0. The summed E-state index contributed by atoms with van der Waals surface area (Å²) in [6, 6.07) is 9.67. The SMILES string of the molecule is O=C(/C=C/c1ccccc1)Nc1cscn1. The number of amides is 1. The Balaban J connectivity index is 1.95. The maximum Gasteiger partial charge on any atom is 0.249 e. The second-order valence-electron chi connectivity index (χ2n) is 3.11. The Labute approximate surface area is 97.5 Å². The van der Waals surface area contributed by atoms with Gasteiger partial charge in [-0.1, -0.05) is 30.3 Å². The lowest BCUT2D eigenvalue weighted by molar-refractivity contribution is -0.111. The van der Waals surface area contributed by atoms with E-state index < -0.39 is 0 Å². The van der Waals surface area contributed by atoms with Crippen LogP contribution in [0.4, 0.5) is 5.82 Å². The zero-order valence-electron chi connectivity index (χ0n) is 8.46. The first-order chi connectivity index (χ1) is 7.84. The van der Waals surface area contributed by atoms with Crippen molar-refractivity contribution in [3.63, 3.8) is 0 Å². The zero-order chi connectivity index (χ0) is 11.2. The number of nitrogens with zero attached hydrogens (tertiary/aromatic N) is 1. The molecule has 16 heavy (non-hydrogen) atoms. The van der Waals surface area contributed by atoms with Crippen molar-refractivity contribution in [1.82, 2.24) is 4.98 Å². The van der Waals surface area contributed by atoms with E-state index in [2.05, 4.69) is 10.3 Å². The number of hydrogen-bond donors (Lipinski definition) is 1. The molecule has 4 heteroatoms. The maximum atomic E-state index is 11.5. The van der Waals surface area contributed by atoms with E-state index in [1.165, 1.54) is 17.4 Å². The minimum atomic E-state index is -0.172. The lowest BCUT2D eigenvalue weighted by Gasteiger charge is -1.95. The molecule has 2 rings (SSSR count). The molecular weight excluding hydrogens is 220 g/mol. The van der Waals surface area contributed by atoms with Gasteiger partial charge < -0.3 is 5.32 Å². The molecular formula is C12H10N2OS. The molecule has 1 N–H and O–H groups in total. The summed E-state index contributed by atoms with van der Waals surface area (Å²) in [6.07, 6.45) is 3.26. The van der Waals surface area contributed by atoms with Gasteiger partial charge in [-0.15, -0.1) is 11.3 Å². The molecule has 0 aliphatic rings. The molecule has 0 aliphatic heterocycles. The average Bonchev–Trinajstić information content (AvgIpc) is 2.81. The van der Waals surface area contributed by atoms with E-state index in [4.69, 9.17) is 0 Å². The number of rotatable bonds is 3. The fraction of sp³-hybridized carbons (Fsp3) is 0. The monoisotopic (exact) mass is 230 g/mol. The minimum Gasteiger partial charge on any atom is -0.306 e. The predicted octanol–water partition coefficient (Wildman–Crippen LogP) is 2.80. The molecule has 1 aromatic carbocycles. The van der Waals surface area contributed by atoms with Crippen LogP contribution in [0.15, 0.2) is 47.3 Å². The van der Waals surface area contributed by atoms with E-state index in [1.54, 1.807) is 17.0 Å². The van der Waals surface area contributed by atoms with E-state index in [-0.39, 0.29) is 5.91 Å². The highest BCUT2D eigenvalue weighted by atomic mass is 32.1. The third kappa shape index (κ3) is 3.03. The summed E-state index contributed by atoms with van der Waals surface area (Å²) in [5, 5.41) is 4.45. The smallest absolute Gasteiger partial charge is 0.249 e. The zero-order valence-corrected chi connectivity index (χ0v) is 9.28. The summed E-state index contributed by atoms with van der Waals surface area (Å²) < 4.78 is 0. The Morgan fingerprint density at radius 2 is 2.12 bits per heavy atom. The van der Waals surface area contributed by atoms with E-state index in [9.17, 15) is 4.79 Å². The van der Waals surface area contributed by atoms with Gasteiger partial charge in [0.05, 0.1) is 5.51 Å². The third-order valence-corrected chi connectivity index (χ3v) is 2.50. The molecule has 0 radical (unpaired) electrons. The number of benzene rings is 1. The molecule has 80 valence electrons. The van der Waals surface area contributed by atoms with E-state index in [1.807, 2.05) is 30.3 Å². The molecule has 0 fully saturated rings. The molecule has 1 aromatic heterocycles. The standard InChI is InChI=1S/C12H10N2OS/c15-12(14-11-8-16-9-13-11)7-6-10-4-2-1-3-5-10/h1-9H,(H,14,15)/b7-6+. The largest absolute Gasteiger partial charge is 0.306 e. The van der Waals surface area contributed by atoms with Crippen LogP contribution in [0.5, 0.6) is 0 Å². The van der Waals surface area contributed by atoms with Crippen molar-refractivity contribution in [3.05, 3.63) is 52.9 Å². The molecule has 0 bridgehead atoms. The number of carbonyl (C=O) groups excluding carboxylic acids is 1. The predicted molar refractivity (Wildman–Crippen MR) is 66.2 cm³/mol. The van der Waals surface area contributed by atoms with E-state index in [0.29, 0.717) is 5.82 Å². The van der Waals surface area contributed by atoms with Crippen molar-refractivity contribution >= 4 is 29.1 Å². The van der Waals surface area contributed by atoms with Crippen LogP contribution in [0.25, 0.3) is 6.08 Å². The molecule has 0 atom stereocenters. The van der Waals surface area contributed by atoms with Crippen LogP contribution in [0.3, 0.4) is 0 Å². The second kappa shape index (κ2) is 5.23. The van der Waals surface area contributed by atoms with Gasteiger partial charge in [0.15, 0.2) is 0 Å². The first-order valence-electron chi connectivity index (χ1n) is 4.77. The van der Waals surface area contributed by atoms with Crippen LogP contribution in [-0.2, 0) is 4.79 Å². The highest BCUT2D eigenvalue weighted by Gasteiger charge is 1.98. The quantitative estimate of drug-likeness (QED) is 0.824. The van der Waals surface area contributed by atoms with Crippen molar-refractivity contribution < 1.29 is 4.79 Å². The molecule has 1 heterocycles. The topological polar surface area (TPSA) is 42.0 Å². The Morgan fingerprint density at radius 3 is 2.81 bits per heavy atom. The van der Waals surface area contributed by atoms with E-state index in [0.717, 1.165) is 5.56 Å². The third-order valence-electron chi connectivity index (χ3n) is 1.91. The first kappa shape index (κ1) is 10.6. The fourth-order valence-electron chi connectivity index (χ4n) is 1.18. The van der Waals surface area contributed by atoms with Crippen LogP contribution < -0.4 is 5.32 Å². The van der Waals surface area contributed by atoms with Crippen molar-refractivity contribution in [2.45, 2.75) is 0 Å². The molecule has 0 saturated carbocycles. The van der Waals surface area contributed by atoms with E-state index >= 15 is 0 Å². The molecule has 0 aliphatic carbocycles. The van der Waals surface area contributed by atoms with Gasteiger partial charge in [-0.05, 0) is 11.6 Å². The highest BCUT2D eigenvalue weighted by molar-refractivity contribution is 7.07. The second-order valence-corrected chi connectivity index (χ2v) is 3.83. The summed E-state index contributed by atoms with van der Waals surface area (Å²) in [4.78, 5) is 15.4. The maximum absolute atomic E-state index is 11.5. The molecule has 3 nitrogen and oxygen atoms in total.